The van der Waals surface area contributed by atoms with Gasteiger partial charge in [-0.05, 0) is 125 Å². The third-order valence-electron chi connectivity index (χ3n) is 13.4. The molecule has 2 amide bonds. The predicted molar refractivity (Wildman–Crippen MR) is 242 cm³/mol. The molecule has 0 aliphatic carbocycles. The first-order valence-corrected chi connectivity index (χ1v) is 22.6. The smallest absolute Gasteiger partial charge is 0.295 e. The molecule has 0 spiro atoms. The molecule has 2 aromatic rings. The highest BCUT2D eigenvalue weighted by Gasteiger charge is 2.46. The van der Waals surface area contributed by atoms with Crippen LogP contribution in [0.1, 0.15) is 163 Å². The number of fused-ring (bicyclic) bond motifs is 6. The van der Waals surface area contributed by atoms with Crippen molar-refractivity contribution in [3.63, 3.8) is 0 Å². The number of phenolic OH excluding ortho intramolecular Hbond substituents is 2. The van der Waals surface area contributed by atoms with Crippen LogP contribution in [-0.4, -0.2) is 84.7 Å². The van der Waals surface area contributed by atoms with E-state index < -0.39 is 35.5 Å². The van der Waals surface area contributed by atoms with E-state index in [-0.39, 0.29) is 61.9 Å². The highest BCUT2D eigenvalue weighted by Crippen LogP contribution is 2.48. The van der Waals surface area contributed by atoms with Crippen molar-refractivity contribution in [2.45, 2.75) is 175 Å². The molecule has 4 heterocycles. The first-order valence-electron chi connectivity index (χ1n) is 22.6. The number of hydrogen-bond acceptors (Lipinski definition) is 10. The molecule has 12 nitrogen and oxygen atoms in total. The summed E-state index contributed by atoms with van der Waals surface area (Å²) in [6.07, 6.45) is 13.3. The number of phenols is 2. The molecule has 342 valence electrons. The maximum Gasteiger partial charge on any atom is 0.295 e. The van der Waals surface area contributed by atoms with Crippen molar-refractivity contribution < 1.29 is 49.0 Å². The van der Waals surface area contributed by atoms with Gasteiger partial charge in [-0.15, -0.1) is 0 Å². The lowest BCUT2D eigenvalue weighted by Crippen LogP contribution is -2.49. The van der Waals surface area contributed by atoms with Crippen LogP contribution < -0.4 is 9.47 Å². The molecule has 0 saturated carbocycles. The largest absolute Gasteiger partial charge is 0.508 e. The number of carbonyl (C=O) groups is 3. The average molecular weight is 869 g/mol. The van der Waals surface area contributed by atoms with Crippen LogP contribution in [0.2, 0.25) is 0 Å². The summed E-state index contributed by atoms with van der Waals surface area (Å²) in [5.74, 6) is -0.108. The first kappa shape index (κ1) is 47.4. The van der Waals surface area contributed by atoms with Gasteiger partial charge >= 0.3 is 0 Å². The Bertz CT molecular complexity index is 2200. The van der Waals surface area contributed by atoms with E-state index >= 15 is 0 Å². The number of allylic oxidation sites excluding steroid dienone is 8. The molecular formula is C51H68N2O10. The van der Waals surface area contributed by atoms with E-state index in [1.807, 2.05) is 13.8 Å². The monoisotopic (exact) mass is 868 g/mol. The predicted octanol–water partition coefficient (Wildman–Crippen LogP) is 9.04. The van der Waals surface area contributed by atoms with E-state index in [1.165, 1.54) is 39.3 Å². The molecule has 0 bridgehead atoms. The zero-order chi connectivity index (χ0) is 45.8. The van der Waals surface area contributed by atoms with Crippen molar-refractivity contribution in [1.29, 1.82) is 0 Å². The van der Waals surface area contributed by atoms with E-state index in [4.69, 9.17) is 14.2 Å². The first-order chi connectivity index (χ1) is 29.8. The number of ether oxygens (including phenoxy) is 3. The molecule has 0 saturated heterocycles. The van der Waals surface area contributed by atoms with Crippen LogP contribution in [0.15, 0.2) is 58.7 Å². The number of amides is 2. The Labute approximate surface area is 372 Å². The average Bonchev–Trinajstić information content (AvgIpc) is 3.70. The molecule has 5 atom stereocenters. The zero-order valence-corrected chi connectivity index (χ0v) is 38.5. The molecule has 4 aliphatic heterocycles. The second kappa shape index (κ2) is 19.8. The number of aliphatic hydroxyl groups is 2. The van der Waals surface area contributed by atoms with E-state index in [9.17, 15) is 34.8 Å². The minimum atomic E-state index is -0.971. The van der Waals surface area contributed by atoms with Gasteiger partial charge in [-0.1, -0.05) is 46.6 Å². The summed E-state index contributed by atoms with van der Waals surface area (Å²) in [7, 11) is 0. The van der Waals surface area contributed by atoms with Gasteiger partial charge in [-0.25, -0.2) is 0 Å². The number of benzene rings is 2. The Hall–Kier alpha value is -5.07. The Morgan fingerprint density at radius 3 is 1.68 bits per heavy atom. The summed E-state index contributed by atoms with van der Waals surface area (Å²) < 4.78 is 18.6. The van der Waals surface area contributed by atoms with Gasteiger partial charge in [0.25, 0.3) is 18.3 Å². The Balaban J connectivity index is 1.11. The minimum absolute atomic E-state index is 0.0670. The molecule has 63 heavy (non-hydrogen) atoms. The molecule has 4 N–H and O–H groups in total. The quantitative estimate of drug-likeness (QED) is 0.0791. The summed E-state index contributed by atoms with van der Waals surface area (Å²) in [4.78, 5) is 42.7. The molecule has 0 fully saturated rings. The lowest BCUT2D eigenvalue weighted by Gasteiger charge is -2.41. The molecule has 12 heteroatoms. The Morgan fingerprint density at radius 1 is 0.730 bits per heavy atom. The fourth-order valence-corrected chi connectivity index (χ4v) is 9.31. The van der Waals surface area contributed by atoms with Gasteiger partial charge in [0.1, 0.15) is 34.2 Å². The highest BCUT2D eigenvalue weighted by atomic mass is 16.5. The van der Waals surface area contributed by atoms with Gasteiger partial charge in [-0.2, -0.15) is 0 Å². The number of rotatable bonds is 19. The van der Waals surface area contributed by atoms with Gasteiger partial charge < -0.3 is 39.5 Å². The second-order valence-electron chi connectivity index (χ2n) is 19.0. The maximum atomic E-state index is 14.0. The zero-order valence-electron chi connectivity index (χ0n) is 38.5. The lowest BCUT2D eigenvalue weighted by molar-refractivity contribution is -0.141. The summed E-state index contributed by atoms with van der Waals surface area (Å²) in [5.41, 5.74) is 5.95. The summed E-state index contributed by atoms with van der Waals surface area (Å²) in [6.45, 7) is 17.2. The van der Waals surface area contributed by atoms with Gasteiger partial charge in [0.15, 0.2) is 6.23 Å². The second-order valence-corrected chi connectivity index (χ2v) is 19.0. The number of hydrogen-bond donors (Lipinski definition) is 4. The van der Waals surface area contributed by atoms with Crippen LogP contribution in [0.3, 0.4) is 0 Å². The van der Waals surface area contributed by atoms with E-state index in [1.54, 1.807) is 4.90 Å². The number of aliphatic hydroxyl groups excluding tert-OH is 2. The lowest BCUT2D eigenvalue weighted by atomic mass is 9.84. The van der Waals surface area contributed by atoms with E-state index in [0.29, 0.717) is 77.9 Å². The van der Waals surface area contributed by atoms with Crippen LogP contribution in [0, 0.1) is 0 Å². The molecule has 4 aliphatic rings. The molecule has 2 aromatic carbocycles. The van der Waals surface area contributed by atoms with Crippen LogP contribution in [-0.2, 0) is 35.5 Å². The minimum Gasteiger partial charge on any atom is -0.508 e. The third kappa shape index (κ3) is 10.5. The highest BCUT2D eigenvalue weighted by molar-refractivity contribution is 6.01. The number of carbonyl (C=O) groups excluding carboxylic acids is 3. The molecule has 6 rings (SSSR count). The van der Waals surface area contributed by atoms with Gasteiger partial charge in [-0.3, -0.25) is 19.3 Å². The van der Waals surface area contributed by atoms with E-state index in [0.717, 1.165) is 25.7 Å². The molecule has 0 radical (unpaired) electrons. The van der Waals surface area contributed by atoms with Gasteiger partial charge in [0, 0.05) is 48.1 Å². The molecule has 0 unspecified atom stereocenters. The summed E-state index contributed by atoms with van der Waals surface area (Å²) in [6, 6.07) is 2.86. The fourth-order valence-electron chi connectivity index (χ4n) is 9.31. The summed E-state index contributed by atoms with van der Waals surface area (Å²) >= 11 is 0. The van der Waals surface area contributed by atoms with Crippen LogP contribution in [0.5, 0.6) is 23.0 Å². The Kier molecular flexibility index (Phi) is 14.9. The SMILES string of the molecule is CC(C)=CCC/C(C)=C/CC[C@]1(C)Oc2c(c(O)cc3c2CN(CCC[C@@H](OC=O)N2Cc4c(cc(O)c5c4O[C@@](C)(CC/C=C(\C)CCC=C(C)C)[C@@H](O)C5)C2=O)C3=O)C[C@@H]1O. The van der Waals surface area contributed by atoms with Crippen molar-refractivity contribution in [2.75, 3.05) is 6.54 Å². The number of aromatic hydroxyl groups is 2. The normalized spacial score (nSPS) is 23.3. The number of nitrogens with zero attached hydrogens (tertiary/aromatic N) is 2. The van der Waals surface area contributed by atoms with Crippen molar-refractivity contribution in [3.8, 4) is 23.0 Å². The standard InChI is InChI=1S/C51H68N2O10/c1-31(2)14-9-16-33(5)18-11-21-50(7)43(57)26-37-41(55)24-35-39(46(37)62-50)28-52(48(35)59)23-13-20-45(61-30-54)53-29-40-36(49(53)60)25-42(56)38-27-44(58)51(8,63-47(38)40)22-12-19-34(6)17-10-15-32(3)4/h14-15,18-19,24-25,30,43-45,55-58H,9-13,16-17,20-23,26-29H2,1-8H3/b33-18+,34-19+/t43-,44-,45+,50-,51-/m0/s1. The van der Waals surface area contributed by atoms with Crippen LogP contribution in [0.25, 0.3) is 0 Å². The topological polar surface area (TPSA) is 166 Å². The van der Waals surface area contributed by atoms with Gasteiger partial charge in [0.05, 0.1) is 36.4 Å². The van der Waals surface area contributed by atoms with Crippen molar-refractivity contribution in [1.82, 2.24) is 9.80 Å². The van der Waals surface area contributed by atoms with E-state index in [2.05, 4.69) is 65.8 Å². The van der Waals surface area contributed by atoms with Gasteiger partial charge in [0.2, 0.25) is 0 Å². The third-order valence-corrected chi connectivity index (χ3v) is 13.4. The summed E-state index contributed by atoms with van der Waals surface area (Å²) in [5, 5.41) is 44.6. The molecule has 0 aromatic heterocycles. The van der Waals surface area contributed by atoms with Crippen LogP contribution in [0.4, 0.5) is 0 Å². The molecular weight excluding hydrogens is 801 g/mol. The van der Waals surface area contributed by atoms with Crippen LogP contribution >= 0.6 is 0 Å². The van der Waals surface area contributed by atoms with Crippen molar-refractivity contribution in [3.05, 3.63) is 92.1 Å². The van der Waals surface area contributed by atoms with Crippen molar-refractivity contribution >= 4 is 18.3 Å². The fraction of sp³-hybridized carbons (Fsp3) is 0.549. The maximum absolute atomic E-state index is 14.0. The Morgan fingerprint density at radius 2 is 1.21 bits per heavy atom. The van der Waals surface area contributed by atoms with Crippen molar-refractivity contribution in [2.24, 2.45) is 0 Å².